The summed E-state index contributed by atoms with van der Waals surface area (Å²) in [5, 5.41) is 6.29. The molecule has 1 fully saturated rings. The summed E-state index contributed by atoms with van der Waals surface area (Å²) in [6.45, 7) is 10.6. The quantitative estimate of drug-likeness (QED) is 0.146. The predicted octanol–water partition coefficient (Wildman–Crippen LogP) is 2.27. The van der Waals surface area contributed by atoms with Gasteiger partial charge >= 0.3 is 5.97 Å². The molecule has 3 heterocycles. The number of likely N-dealkylation sites (N-methyl/N-ethyl adjacent to an activating group) is 1. The number of quaternary nitrogens is 1. The maximum Gasteiger partial charge on any atom is 0.312 e. The second-order valence-electron chi connectivity index (χ2n) is 11.9. The van der Waals surface area contributed by atoms with Crippen molar-refractivity contribution in [3.05, 3.63) is 95.9 Å². The smallest absolute Gasteiger partial charge is 0.312 e. The van der Waals surface area contributed by atoms with Crippen molar-refractivity contribution in [3.8, 4) is 11.3 Å². The van der Waals surface area contributed by atoms with Gasteiger partial charge in [0.05, 0.1) is 31.7 Å². The van der Waals surface area contributed by atoms with E-state index in [0.29, 0.717) is 23.9 Å². The molecule has 2 aromatic carbocycles. The van der Waals surface area contributed by atoms with Crippen molar-refractivity contribution >= 4 is 29.2 Å². The highest BCUT2D eigenvalue weighted by atomic mass is 127. The van der Waals surface area contributed by atoms with E-state index in [2.05, 4.69) is 37.5 Å². The van der Waals surface area contributed by atoms with E-state index in [1.54, 1.807) is 18.6 Å². The number of nitrogens with zero attached hydrogens (tertiary/aromatic N) is 5. The van der Waals surface area contributed by atoms with Crippen LogP contribution in [0.4, 0.5) is 17.3 Å². The van der Waals surface area contributed by atoms with Crippen LogP contribution in [0.15, 0.2) is 79.3 Å². The first-order valence-electron chi connectivity index (χ1n) is 14.9. The molecule has 45 heavy (non-hydrogen) atoms. The van der Waals surface area contributed by atoms with Gasteiger partial charge in [-0.2, -0.15) is 0 Å². The summed E-state index contributed by atoms with van der Waals surface area (Å²) in [7, 11) is 2.14. The summed E-state index contributed by atoms with van der Waals surface area (Å²) in [6.07, 6.45) is 5.19. The van der Waals surface area contributed by atoms with Crippen molar-refractivity contribution in [1.82, 2.24) is 19.9 Å². The van der Waals surface area contributed by atoms with Gasteiger partial charge in [0, 0.05) is 60.7 Å². The van der Waals surface area contributed by atoms with Crippen LogP contribution in [0.2, 0.25) is 0 Å². The molecule has 0 radical (unpaired) electrons. The average Bonchev–Trinajstić information content (AvgIpc) is 3.03. The van der Waals surface area contributed by atoms with Gasteiger partial charge in [0.25, 0.3) is 5.91 Å². The van der Waals surface area contributed by atoms with Gasteiger partial charge in [0.2, 0.25) is 12.7 Å². The van der Waals surface area contributed by atoms with Crippen LogP contribution in [-0.4, -0.2) is 76.2 Å². The molecular formula is C34H40IN7O3. The van der Waals surface area contributed by atoms with Crippen molar-refractivity contribution in [2.45, 2.75) is 27.3 Å². The molecule has 10 nitrogen and oxygen atoms in total. The van der Waals surface area contributed by atoms with Gasteiger partial charge in [0.1, 0.15) is 0 Å². The number of esters is 1. The first-order valence-corrected chi connectivity index (χ1v) is 14.9. The third-order valence-corrected chi connectivity index (χ3v) is 7.88. The molecule has 0 bridgehead atoms. The molecule has 2 aromatic heterocycles. The number of aromatic nitrogens is 3. The second kappa shape index (κ2) is 15.4. The van der Waals surface area contributed by atoms with Crippen LogP contribution in [0.3, 0.4) is 0 Å². The number of rotatable bonds is 10. The van der Waals surface area contributed by atoms with Gasteiger partial charge in [-0.05, 0) is 60.5 Å². The first kappa shape index (κ1) is 33.9. The summed E-state index contributed by atoms with van der Waals surface area (Å²) in [5.74, 6) is 0.0259. The number of hydrogen-bond acceptors (Lipinski definition) is 8. The molecule has 4 aromatic rings. The van der Waals surface area contributed by atoms with E-state index in [9.17, 15) is 9.59 Å². The second-order valence-corrected chi connectivity index (χ2v) is 11.9. The molecule has 0 unspecified atom stereocenters. The Labute approximate surface area is 281 Å². The number of carbonyl (C=O) groups excluding carboxylic acids is 2. The van der Waals surface area contributed by atoms with E-state index in [1.165, 1.54) is 0 Å². The van der Waals surface area contributed by atoms with Crippen molar-refractivity contribution in [3.63, 3.8) is 0 Å². The van der Waals surface area contributed by atoms with E-state index in [4.69, 9.17) is 4.74 Å². The Morgan fingerprint density at radius 3 is 2.47 bits per heavy atom. The van der Waals surface area contributed by atoms with Crippen LogP contribution in [-0.2, 0) is 16.1 Å². The lowest BCUT2D eigenvalue weighted by Gasteiger charge is -2.41. The zero-order chi connectivity index (χ0) is 31.1. The number of anilines is 3. The minimum absolute atomic E-state index is 0. The van der Waals surface area contributed by atoms with Crippen LogP contribution in [0.1, 0.15) is 35.3 Å². The maximum absolute atomic E-state index is 13.1. The average molecular weight is 722 g/mol. The monoisotopic (exact) mass is 721 g/mol. The van der Waals surface area contributed by atoms with Gasteiger partial charge in [-0.25, -0.2) is 9.97 Å². The number of hydrogen-bond donors (Lipinski definition) is 2. The van der Waals surface area contributed by atoms with Gasteiger partial charge in [-0.15, -0.1) is 0 Å². The van der Waals surface area contributed by atoms with Crippen molar-refractivity contribution in [2.24, 2.45) is 5.92 Å². The normalized spacial score (nSPS) is 14.3. The zero-order valence-electron chi connectivity index (χ0n) is 26.2. The number of aryl methyl sites for hydroxylation is 1. The fourth-order valence-corrected chi connectivity index (χ4v) is 4.93. The summed E-state index contributed by atoms with van der Waals surface area (Å²) in [5.41, 5.74) is 5.88. The number of carbonyl (C=O) groups is 2. The number of benzene rings is 2. The van der Waals surface area contributed by atoms with E-state index >= 15 is 0 Å². The van der Waals surface area contributed by atoms with Crippen LogP contribution in [0, 0.1) is 12.8 Å². The topological polar surface area (TPSA) is 109 Å². The molecule has 236 valence electrons. The molecule has 2 N–H and O–H groups in total. The van der Waals surface area contributed by atoms with Crippen molar-refractivity contribution in [1.29, 1.82) is 0 Å². The van der Waals surface area contributed by atoms with E-state index in [-0.39, 0.29) is 41.8 Å². The number of pyridine rings is 1. The predicted molar refractivity (Wildman–Crippen MR) is 171 cm³/mol. The van der Waals surface area contributed by atoms with Crippen molar-refractivity contribution in [2.75, 3.05) is 50.6 Å². The maximum atomic E-state index is 13.1. The Morgan fingerprint density at radius 2 is 1.78 bits per heavy atom. The fraction of sp³-hybridized carbons (Fsp3) is 0.324. The van der Waals surface area contributed by atoms with E-state index < -0.39 is 0 Å². The number of halogens is 1. The Hall–Kier alpha value is -3.94. The van der Waals surface area contributed by atoms with Gasteiger partial charge in [0.15, 0.2) is 0 Å². The highest BCUT2D eigenvalue weighted by Crippen LogP contribution is 2.25. The van der Waals surface area contributed by atoms with Crippen LogP contribution >= 0.6 is 0 Å². The number of amides is 1. The Morgan fingerprint density at radius 1 is 1.02 bits per heavy atom. The molecule has 11 heteroatoms. The Bertz CT molecular complexity index is 1590. The molecule has 0 saturated carbocycles. The summed E-state index contributed by atoms with van der Waals surface area (Å²) in [6, 6.07) is 19.1. The molecule has 0 atom stereocenters. The molecule has 0 aliphatic carbocycles. The lowest BCUT2D eigenvalue weighted by Crippen LogP contribution is -3.00. The highest BCUT2D eigenvalue weighted by molar-refractivity contribution is 6.04. The Kier molecular flexibility index (Phi) is 11.6. The number of nitrogens with one attached hydrogen (secondary N) is 2. The summed E-state index contributed by atoms with van der Waals surface area (Å²) < 4.78 is 6.23. The summed E-state index contributed by atoms with van der Waals surface area (Å²) >= 11 is 0. The third-order valence-electron chi connectivity index (χ3n) is 7.88. The van der Waals surface area contributed by atoms with E-state index in [0.717, 1.165) is 65.3 Å². The van der Waals surface area contributed by atoms with E-state index in [1.807, 2.05) is 81.4 Å². The Balaban J connectivity index is 0.00000461. The zero-order valence-corrected chi connectivity index (χ0v) is 28.3. The molecule has 1 amide bonds. The van der Waals surface area contributed by atoms with Crippen molar-refractivity contribution < 1.29 is 42.8 Å². The lowest BCUT2D eigenvalue weighted by molar-refractivity contribution is -0.929. The molecular weight excluding hydrogens is 681 g/mol. The molecule has 1 saturated heterocycles. The molecule has 0 spiro atoms. The highest BCUT2D eigenvalue weighted by Gasteiger charge is 2.30. The van der Waals surface area contributed by atoms with Gasteiger partial charge in [-0.1, -0.05) is 32.0 Å². The molecule has 1 aliphatic heterocycles. The van der Waals surface area contributed by atoms with Gasteiger partial charge < -0.3 is 39.3 Å². The van der Waals surface area contributed by atoms with Gasteiger partial charge in [-0.3, -0.25) is 24.0 Å². The minimum Gasteiger partial charge on any atom is -1.00 e. The molecule has 1 aliphatic rings. The SMILES string of the molecule is Cc1ccc(NC(=O)c2ccc(CN3CC[N+](C)(COC(=O)C(C)C)CC3)cc2)cc1Nc1nccc(-c2cccnc2)n1.[I-]. The summed E-state index contributed by atoms with van der Waals surface area (Å²) in [4.78, 5) is 40.5. The molecule has 5 rings (SSSR count). The van der Waals surface area contributed by atoms with Crippen LogP contribution in [0.5, 0.6) is 0 Å². The largest absolute Gasteiger partial charge is 1.00 e. The standard InChI is InChI=1S/C34H39N7O3.HI/c1-24(2)33(43)44-23-41(4)18-16-40(17-19-41)22-26-8-10-27(11-9-26)32(42)37-29-12-7-25(3)31(20-29)39-34-36-15-13-30(38-34)28-6-5-14-35-21-28;/h5-15,20-21,24H,16-19,22-23H2,1-4H3,(H-,36,37,38,39,42);1H. The van der Waals surface area contributed by atoms with Crippen LogP contribution in [0.25, 0.3) is 11.3 Å². The first-order chi connectivity index (χ1) is 21.2. The number of ether oxygens (including phenoxy) is 1. The number of piperazine rings is 1. The third kappa shape index (κ3) is 9.28. The van der Waals surface area contributed by atoms with Crippen LogP contribution < -0.4 is 34.6 Å². The minimum atomic E-state index is -0.178. The fourth-order valence-electron chi connectivity index (χ4n) is 4.93. The lowest BCUT2D eigenvalue weighted by atomic mass is 10.1.